The van der Waals surface area contributed by atoms with Gasteiger partial charge in [-0.1, -0.05) is 287 Å². The number of hydrogen-bond donors (Lipinski definition) is 3. The number of aryl methyl sites for hydroxylation is 4. The van der Waals surface area contributed by atoms with Crippen LogP contribution in [0.15, 0.2) is 433 Å². The average molecular weight is 2300 g/mol. The van der Waals surface area contributed by atoms with Gasteiger partial charge in [0.1, 0.15) is 5.65 Å². The number of pyridine rings is 4. The Hall–Kier alpha value is -12.6. The first-order chi connectivity index (χ1) is 71.3. The smallest absolute Gasteiger partial charge is 0.870 e. The molecule has 0 spiro atoms. The normalized spacial score (nSPS) is 11.1. The molecular formula is C114H113BBrCl2N16NaO9P2PdS3. The number of rotatable bonds is 22. The Morgan fingerprint density at radius 2 is 0.653 bits per heavy atom. The van der Waals surface area contributed by atoms with Crippen LogP contribution in [0, 0.1) is 11.8 Å². The Morgan fingerprint density at radius 1 is 0.380 bits per heavy atom. The number of aromatic amines is 1. The van der Waals surface area contributed by atoms with Crippen molar-refractivity contribution in [2.24, 2.45) is 40.0 Å². The van der Waals surface area contributed by atoms with E-state index >= 15 is 0 Å². The second-order valence-corrected chi connectivity index (χ2v) is 48.9. The first kappa shape index (κ1) is 116. The third-order valence-corrected chi connectivity index (χ3v) is 33.1. The summed E-state index contributed by atoms with van der Waals surface area (Å²) in [7, 11) is 3.59. The molecule has 766 valence electrons. The van der Waals surface area contributed by atoms with Crippen molar-refractivity contribution in [2.75, 3.05) is 0 Å². The summed E-state index contributed by atoms with van der Waals surface area (Å²) in [6.45, 7) is 16.4. The molecule has 4 N–H and O–H groups in total. The number of aromatic nitrogens is 16. The molecule has 0 aliphatic heterocycles. The first-order valence-electron chi connectivity index (χ1n) is 47.2. The van der Waals surface area contributed by atoms with Gasteiger partial charge in [-0.3, -0.25) is 18.7 Å². The van der Waals surface area contributed by atoms with Crippen LogP contribution in [-0.2, 0) is 87.0 Å². The molecule has 0 unspecified atom stereocenters. The van der Waals surface area contributed by atoms with Crippen LogP contribution < -0.4 is 61.4 Å². The molecule has 0 fully saturated rings. The van der Waals surface area contributed by atoms with Crippen LogP contribution in [0.3, 0.4) is 0 Å². The first-order valence-corrected chi connectivity index (χ1v) is 59.0. The fourth-order valence-corrected chi connectivity index (χ4v) is 25.4. The summed E-state index contributed by atoms with van der Waals surface area (Å²) in [5.74, 6) is 2.48. The molecule has 9 aromatic carbocycles. The fraction of sp³-hybridized carbons (Fsp3) is 0.140. The number of nitrogens with zero attached hydrogens (tertiary/aromatic N) is 15. The number of benzene rings is 9. The summed E-state index contributed by atoms with van der Waals surface area (Å²) in [5.41, 5.74) is 14.6. The number of allylic oxidation sites excluding steroid dienone is 2. The van der Waals surface area contributed by atoms with E-state index in [1.54, 1.807) is 175 Å². The molecule has 0 aliphatic carbocycles. The Morgan fingerprint density at radius 3 is 0.933 bits per heavy atom. The van der Waals surface area contributed by atoms with Gasteiger partial charge in [0.15, 0.2) is 16.9 Å². The van der Waals surface area contributed by atoms with Gasteiger partial charge in [-0.05, 0) is 193 Å². The third-order valence-electron chi connectivity index (χ3n) is 22.7. The topological polar surface area (TPSA) is 326 Å². The minimum Gasteiger partial charge on any atom is -0.870 e. The van der Waals surface area contributed by atoms with E-state index in [-0.39, 0.29) is 65.7 Å². The second-order valence-electron chi connectivity index (χ2n) is 35.7. The van der Waals surface area contributed by atoms with E-state index in [0.29, 0.717) is 28.8 Å². The van der Waals surface area contributed by atoms with Crippen molar-refractivity contribution < 1.29 is 86.3 Å². The van der Waals surface area contributed by atoms with Crippen molar-refractivity contribution in [1.29, 1.82) is 0 Å². The Kier molecular flexibility index (Phi) is 42.5. The molecule has 0 amide bonds. The van der Waals surface area contributed by atoms with E-state index in [1.807, 2.05) is 114 Å². The Labute approximate surface area is 925 Å². The van der Waals surface area contributed by atoms with Crippen LogP contribution in [0.1, 0.15) is 72.1 Å². The van der Waals surface area contributed by atoms with Crippen molar-refractivity contribution in [2.45, 2.75) is 82.9 Å². The number of H-pyrrole nitrogens is 1. The van der Waals surface area contributed by atoms with E-state index in [4.69, 9.17) is 29.1 Å². The van der Waals surface area contributed by atoms with E-state index in [2.05, 4.69) is 277 Å². The van der Waals surface area contributed by atoms with Crippen LogP contribution in [0.5, 0.6) is 0 Å². The molecule has 36 heteroatoms. The van der Waals surface area contributed by atoms with Gasteiger partial charge in [0.05, 0.1) is 39.5 Å². The quantitative estimate of drug-likeness (QED) is 0.0419. The molecule has 150 heavy (non-hydrogen) atoms. The molecule has 0 radical (unpaired) electrons. The standard InChI is InChI=1S/C21H22N4O2S.C21H20N4O2S.2C18H15P.C17H13BrN4O2S.C15H18N4.C4H9BO2.2ClH.Na.H2O.Pd/c2*1-15(2)9-16-10-19-20(17-12-23-24(3)13-17)14-25(21(19)22-11-16)28(26,27)18-7-5-4-6-8-18;2*1-4-10-16(11-5-1)19(17-12-6-2-7-13-17)18-14-8-3-9-15-18;1-21-10-12(8-20-21)16-11-22(17-15(16)7-13(18)9-19-17)25(23,24)14-5-3-2-4-6-14;1-10(2)4-11-5-13-14(8-17-15(13)16-6-11)12-7-18-19(3)9-12;1-4(2)3-5(6)7;;;;;/h4-8,10-15H,9H2,1-3H3;4-14H,1-3H3;2*1-15H;2-11H,1H3;5-10H,4H2,1-3H3,(H,16,17);3,6-7H,1-2H3;2*1H;;1H2;/q;;;;;;;;;+1;;+2/p-3. The van der Waals surface area contributed by atoms with Gasteiger partial charge in [0.25, 0.3) is 30.1 Å². The van der Waals surface area contributed by atoms with Gasteiger partial charge >= 0.3 is 71.7 Å². The maximum Gasteiger partial charge on any atom is 1.00 e. The molecule has 0 saturated carbocycles. The molecule has 25 nitrogen and oxygen atoms in total. The number of nitrogens with one attached hydrogen (secondary N) is 1. The van der Waals surface area contributed by atoms with Gasteiger partial charge in [0, 0.05) is 173 Å². The van der Waals surface area contributed by atoms with Gasteiger partial charge < -0.3 is 20.5 Å². The molecule has 0 saturated heterocycles. The van der Waals surface area contributed by atoms with Crippen molar-refractivity contribution in [3.8, 4) is 44.5 Å². The zero-order valence-electron chi connectivity index (χ0n) is 84.9. The van der Waals surface area contributed by atoms with Crippen LogP contribution in [0.2, 0.25) is 0 Å². The molecule has 21 rings (SSSR count). The molecule has 12 aromatic heterocycles. The van der Waals surface area contributed by atoms with Crippen LogP contribution in [0.25, 0.3) is 94.7 Å². The van der Waals surface area contributed by atoms with Crippen LogP contribution in [-0.4, -0.2) is 124 Å². The van der Waals surface area contributed by atoms with E-state index in [0.717, 1.165) is 100 Å². The molecule has 0 atom stereocenters. The number of fused-ring (bicyclic) bond motifs is 4. The average Bonchev–Trinajstić information content (AvgIpc) is 1.59. The predicted molar refractivity (Wildman–Crippen MR) is 609 cm³/mol. The van der Waals surface area contributed by atoms with Gasteiger partial charge in [-0.2, -0.15) is 20.4 Å². The summed E-state index contributed by atoms with van der Waals surface area (Å²) < 4.78 is 90.6. The Balaban J connectivity index is 0.000000157. The summed E-state index contributed by atoms with van der Waals surface area (Å²) in [6, 6.07) is 97.9. The van der Waals surface area contributed by atoms with Gasteiger partial charge in [0.2, 0.25) is 0 Å². The van der Waals surface area contributed by atoms with Crippen molar-refractivity contribution in [3.63, 3.8) is 0 Å². The predicted octanol–water partition coefficient (Wildman–Crippen LogP) is 19.6. The zero-order chi connectivity index (χ0) is 105. The molecule has 0 aliphatic rings. The maximum atomic E-state index is 13.3. The van der Waals surface area contributed by atoms with Gasteiger partial charge in [-0.15, -0.1) is 0 Å². The monoisotopic (exact) mass is 2300 g/mol. The zero-order valence-corrected chi connectivity index (χ0v) is 95.8. The van der Waals surface area contributed by atoms with Crippen LogP contribution in [0.4, 0.5) is 0 Å². The minimum absolute atomic E-state index is 0. The largest absolute Gasteiger partial charge is 1.00 e. The summed E-state index contributed by atoms with van der Waals surface area (Å²) in [4.78, 5) is 21.8. The van der Waals surface area contributed by atoms with E-state index in [9.17, 15) is 25.3 Å². The molecule has 0 bridgehead atoms. The number of halogens is 3. The summed E-state index contributed by atoms with van der Waals surface area (Å²) in [5, 5.41) is 45.2. The molecule has 21 aromatic rings. The van der Waals surface area contributed by atoms with E-state index < -0.39 is 53.0 Å². The van der Waals surface area contributed by atoms with Gasteiger partial charge in [-0.25, -0.2) is 57.1 Å². The Bertz CT molecular complexity index is 8090. The summed E-state index contributed by atoms with van der Waals surface area (Å²) >= 11 is 3.30. The van der Waals surface area contributed by atoms with Crippen molar-refractivity contribution in [3.05, 3.63) is 435 Å². The van der Waals surface area contributed by atoms with E-state index in [1.165, 1.54) is 66.2 Å². The van der Waals surface area contributed by atoms with Crippen molar-refractivity contribution >= 4 is 170 Å². The SMILES string of the molecule is CC(C)=CB(O)O.CC(C)=Cc1cnc2c(c1)c(-c1cnn(C)c1)cn2S(=O)(=O)c1ccccc1.CC(C)Cc1cnc2[nH]cc(-c3cnn(C)c3)c2c1.CC(C)Cc1cnc2c(c1)c(-c1cnn(C)c1)cn2S(=O)(=O)c1ccccc1.Cn1cc(-c2cn(S(=O)(=O)c3ccccc3)c3ncc(Br)cc23)cn1.[Cl][Pd][Cl].[Na+].[OH-].c1ccc(P(c2ccccc2)c2ccccc2)cc1.c1ccc(P(c2ccccc2)c2ccccc2)cc1. The van der Waals surface area contributed by atoms with Crippen LogP contribution >= 0.6 is 50.8 Å². The third kappa shape index (κ3) is 30.3. The second kappa shape index (κ2) is 54.9. The molecule has 12 heterocycles. The maximum absolute atomic E-state index is 13.3. The molecular weight excluding hydrogens is 2190 g/mol. The number of hydrogen-bond acceptors (Lipinski definition) is 17. The van der Waals surface area contributed by atoms with Crippen molar-refractivity contribution in [1.82, 2.24) is 76.0 Å². The fourth-order valence-electron chi connectivity index (χ4n) is 16.4. The summed E-state index contributed by atoms with van der Waals surface area (Å²) in [6.07, 6.45) is 32.5. The minimum atomic E-state index is -3.77.